The van der Waals surface area contributed by atoms with Crippen molar-refractivity contribution in [3.63, 3.8) is 0 Å². The molecule has 0 amide bonds. The molecular weight excluding hydrogens is 224 g/mol. The first kappa shape index (κ1) is 12.7. The minimum atomic E-state index is 0.0438. The maximum absolute atomic E-state index is 8.69. The second-order valence-corrected chi connectivity index (χ2v) is 4.27. The fourth-order valence-corrected chi connectivity index (χ4v) is 1.95. The highest BCUT2D eigenvalue weighted by molar-refractivity contribution is 5.35. The van der Waals surface area contributed by atoms with Gasteiger partial charge in [0.2, 0.25) is 0 Å². The molecule has 0 aliphatic rings. The van der Waals surface area contributed by atoms with Crippen LogP contribution >= 0.6 is 0 Å². The molecule has 2 aromatic rings. The Kier molecular flexibility index (Phi) is 4.37. The van der Waals surface area contributed by atoms with E-state index in [1.807, 2.05) is 18.2 Å². The molecule has 0 radical (unpaired) electrons. The summed E-state index contributed by atoms with van der Waals surface area (Å²) in [5.41, 5.74) is 2.57. The Hall–Kier alpha value is -1.80. The first-order valence-electron chi connectivity index (χ1n) is 6.20. The lowest BCUT2D eigenvalue weighted by Crippen LogP contribution is -2.02. The van der Waals surface area contributed by atoms with Gasteiger partial charge in [-0.1, -0.05) is 49.4 Å². The van der Waals surface area contributed by atoms with Crippen molar-refractivity contribution in [3.8, 4) is 5.75 Å². The molecule has 1 unspecified atom stereocenters. The molecule has 0 aromatic heterocycles. The van der Waals surface area contributed by atoms with Crippen LogP contribution in [0.5, 0.6) is 5.75 Å². The van der Waals surface area contributed by atoms with Crippen molar-refractivity contribution in [1.29, 1.82) is 0 Å². The number of rotatable bonds is 5. The Morgan fingerprint density at radius 3 is 2.17 bits per heavy atom. The predicted molar refractivity (Wildman–Crippen MR) is 73.0 cm³/mol. The molecule has 94 valence electrons. The molecule has 2 rings (SSSR count). The van der Waals surface area contributed by atoms with Gasteiger partial charge in [0.05, 0.1) is 6.61 Å². The third-order valence-electron chi connectivity index (χ3n) is 3.04. The maximum Gasteiger partial charge on any atom is 0.119 e. The van der Waals surface area contributed by atoms with Crippen LogP contribution in [0.25, 0.3) is 0 Å². The molecule has 0 fully saturated rings. The van der Waals surface area contributed by atoms with Gasteiger partial charge in [0, 0.05) is 5.92 Å². The van der Waals surface area contributed by atoms with Gasteiger partial charge in [-0.2, -0.15) is 0 Å². The van der Waals surface area contributed by atoms with Gasteiger partial charge in [-0.15, -0.1) is 0 Å². The van der Waals surface area contributed by atoms with Crippen molar-refractivity contribution in [2.24, 2.45) is 0 Å². The number of aliphatic hydroxyl groups is 1. The molecular formula is C16H18O2. The van der Waals surface area contributed by atoms with Crippen molar-refractivity contribution in [3.05, 3.63) is 65.7 Å². The molecule has 0 spiro atoms. The molecule has 2 heteroatoms. The molecule has 1 atom stereocenters. The highest BCUT2D eigenvalue weighted by Gasteiger charge is 2.07. The normalized spacial score (nSPS) is 12.1. The average Bonchev–Trinajstić information content (AvgIpc) is 2.46. The van der Waals surface area contributed by atoms with Crippen molar-refractivity contribution in [2.75, 3.05) is 13.2 Å². The van der Waals surface area contributed by atoms with E-state index in [4.69, 9.17) is 9.84 Å². The largest absolute Gasteiger partial charge is 0.491 e. The predicted octanol–water partition coefficient (Wildman–Crippen LogP) is 3.21. The van der Waals surface area contributed by atoms with Crippen molar-refractivity contribution in [2.45, 2.75) is 12.8 Å². The molecule has 18 heavy (non-hydrogen) atoms. The first-order chi connectivity index (χ1) is 8.81. The Morgan fingerprint density at radius 2 is 1.56 bits per heavy atom. The third kappa shape index (κ3) is 3.11. The topological polar surface area (TPSA) is 29.5 Å². The van der Waals surface area contributed by atoms with Crippen LogP contribution in [-0.2, 0) is 0 Å². The number of hydrogen-bond acceptors (Lipinski definition) is 2. The summed E-state index contributed by atoms with van der Waals surface area (Å²) < 4.78 is 5.35. The zero-order valence-corrected chi connectivity index (χ0v) is 10.5. The lowest BCUT2D eigenvalue weighted by Gasteiger charge is -2.13. The standard InChI is InChI=1S/C16H18O2/c1-13(14-5-3-2-4-6-14)15-7-9-16(10-8-15)18-12-11-17/h2-10,13,17H,11-12H2,1H3. The summed E-state index contributed by atoms with van der Waals surface area (Å²) in [6.07, 6.45) is 0. The van der Waals surface area contributed by atoms with Crippen LogP contribution in [0.1, 0.15) is 24.0 Å². The van der Waals surface area contributed by atoms with Gasteiger partial charge in [0.15, 0.2) is 0 Å². The molecule has 2 nitrogen and oxygen atoms in total. The molecule has 0 saturated carbocycles. The zero-order chi connectivity index (χ0) is 12.8. The van der Waals surface area contributed by atoms with Crippen LogP contribution in [-0.4, -0.2) is 18.3 Å². The monoisotopic (exact) mass is 242 g/mol. The summed E-state index contributed by atoms with van der Waals surface area (Å²) in [6.45, 7) is 2.58. The van der Waals surface area contributed by atoms with Crippen LogP contribution < -0.4 is 4.74 Å². The van der Waals surface area contributed by atoms with E-state index in [1.165, 1.54) is 11.1 Å². The average molecular weight is 242 g/mol. The summed E-state index contributed by atoms with van der Waals surface area (Å²) in [5, 5.41) is 8.69. The molecule has 0 saturated heterocycles. The van der Waals surface area contributed by atoms with Gasteiger partial charge in [0.1, 0.15) is 12.4 Å². The van der Waals surface area contributed by atoms with Gasteiger partial charge in [0.25, 0.3) is 0 Å². The second kappa shape index (κ2) is 6.22. The summed E-state index contributed by atoms with van der Waals surface area (Å²) in [4.78, 5) is 0. The minimum absolute atomic E-state index is 0.0438. The molecule has 0 bridgehead atoms. The maximum atomic E-state index is 8.69. The quantitative estimate of drug-likeness (QED) is 0.872. The second-order valence-electron chi connectivity index (χ2n) is 4.27. The molecule has 0 heterocycles. The highest BCUT2D eigenvalue weighted by Crippen LogP contribution is 2.25. The van der Waals surface area contributed by atoms with Crippen LogP contribution in [0.4, 0.5) is 0 Å². The lowest BCUT2D eigenvalue weighted by atomic mass is 9.93. The van der Waals surface area contributed by atoms with Gasteiger partial charge >= 0.3 is 0 Å². The molecule has 1 N–H and O–H groups in total. The lowest BCUT2D eigenvalue weighted by molar-refractivity contribution is 0.201. The van der Waals surface area contributed by atoms with Crippen LogP contribution in [0.15, 0.2) is 54.6 Å². The van der Waals surface area contributed by atoms with E-state index in [1.54, 1.807) is 0 Å². The van der Waals surface area contributed by atoms with E-state index < -0.39 is 0 Å². The summed E-state index contributed by atoms with van der Waals surface area (Å²) in [5.74, 6) is 1.17. The zero-order valence-electron chi connectivity index (χ0n) is 10.5. The van der Waals surface area contributed by atoms with Crippen LogP contribution in [0.3, 0.4) is 0 Å². The summed E-state index contributed by atoms with van der Waals surface area (Å²) in [6, 6.07) is 18.5. The summed E-state index contributed by atoms with van der Waals surface area (Å²) >= 11 is 0. The Balaban J connectivity index is 2.09. The van der Waals surface area contributed by atoms with Crippen molar-refractivity contribution >= 4 is 0 Å². The van der Waals surface area contributed by atoms with Crippen LogP contribution in [0.2, 0.25) is 0 Å². The van der Waals surface area contributed by atoms with E-state index in [0.717, 1.165) is 5.75 Å². The Bertz CT molecular complexity index is 462. The van der Waals surface area contributed by atoms with E-state index >= 15 is 0 Å². The minimum Gasteiger partial charge on any atom is -0.491 e. The summed E-state index contributed by atoms with van der Waals surface area (Å²) in [7, 11) is 0. The molecule has 0 aliphatic heterocycles. The van der Waals surface area contributed by atoms with E-state index in [2.05, 4.69) is 43.3 Å². The third-order valence-corrected chi connectivity index (χ3v) is 3.04. The van der Waals surface area contributed by atoms with E-state index in [-0.39, 0.29) is 6.61 Å². The number of benzene rings is 2. The van der Waals surface area contributed by atoms with Crippen molar-refractivity contribution in [1.82, 2.24) is 0 Å². The van der Waals surface area contributed by atoms with E-state index in [0.29, 0.717) is 12.5 Å². The Labute approximate surface area is 108 Å². The molecule has 2 aromatic carbocycles. The van der Waals surface area contributed by atoms with Crippen molar-refractivity contribution < 1.29 is 9.84 Å². The van der Waals surface area contributed by atoms with Crippen LogP contribution in [0, 0.1) is 0 Å². The number of hydrogen-bond donors (Lipinski definition) is 1. The van der Waals surface area contributed by atoms with Gasteiger partial charge in [-0.05, 0) is 23.3 Å². The molecule has 0 aliphatic carbocycles. The highest BCUT2D eigenvalue weighted by atomic mass is 16.5. The van der Waals surface area contributed by atoms with Gasteiger partial charge in [-0.25, -0.2) is 0 Å². The van der Waals surface area contributed by atoms with Gasteiger partial charge < -0.3 is 9.84 Å². The SMILES string of the molecule is CC(c1ccccc1)c1ccc(OCCO)cc1. The number of ether oxygens (including phenoxy) is 1. The van der Waals surface area contributed by atoms with Gasteiger partial charge in [-0.3, -0.25) is 0 Å². The smallest absolute Gasteiger partial charge is 0.119 e. The fraction of sp³-hybridized carbons (Fsp3) is 0.250. The van der Waals surface area contributed by atoms with E-state index in [9.17, 15) is 0 Å². The fourth-order valence-electron chi connectivity index (χ4n) is 1.95. The Morgan fingerprint density at radius 1 is 0.944 bits per heavy atom. The number of aliphatic hydroxyl groups excluding tert-OH is 1. The first-order valence-corrected chi connectivity index (χ1v) is 6.20.